The highest BCUT2D eigenvalue weighted by Gasteiger charge is 2.31. The number of piperazine rings is 1. The molecule has 1 amide bonds. The molecule has 0 bridgehead atoms. The molecule has 0 aliphatic carbocycles. The first-order chi connectivity index (χ1) is 7.61. The molecule has 1 aromatic rings. The van der Waals surface area contributed by atoms with Crippen molar-refractivity contribution in [2.75, 3.05) is 13.1 Å². The summed E-state index contributed by atoms with van der Waals surface area (Å²) in [6.07, 6.45) is 1.52. The Morgan fingerprint density at radius 2 is 2.12 bits per heavy atom. The average Bonchev–Trinajstić information content (AvgIpc) is 2.64. The molecule has 1 aliphatic heterocycles. The van der Waals surface area contributed by atoms with Crippen LogP contribution in [0.2, 0.25) is 0 Å². The van der Waals surface area contributed by atoms with Crippen LogP contribution >= 0.6 is 15.9 Å². The third-order valence-electron chi connectivity index (χ3n) is 2.91. The van der Waals surface area contributed by atoms with Crippen molar-refractivity contribution in [2.45, 2.75) is 25.9 Å². The van der Waals surface area contributed by atoms with Gasteiger partial charge in [-0.15, -0.1) is 0 Å². The molecule has 0 saturated carbocycles. The molecule has 5 heteroatoms. The molecular weight excluding hydrogens is 272 g/mol. The van der Waals surface area contributed by atoms with Gasteiger partial charge in [0.25, 0.3) is 5.91 Å². The van der Waals surface area contributed by atoms with E-state index in [2.05, 4.69) is 35.1 Å². The van der Waals surface area contributed by atoms with Crippen molar-refractivity contribution >= 4 is 21.8 Å². The van der Waals surface area contributed by atoms with Gasteiger partial charge in [0.15, 0.2) is 4.67 Å². The molecule has 2 unspecified atom stereocenters. The van der Waals surface area contributed by atoms with Gasteiger partial charge in [-0.2, -0.15) is 0 Å². The fourth-order valence-electron chi connectivity index (χ4n) is 2.12. The molecule has 2 atom stereocenters. The standard InChI is InChI=1S/C11H15BrN2O2/c1-7-5-13-6-8(2)14(7)11(15)9-3-4-16-10(9)12/h3-4,7-8,13H,5-6H2,1-2H3. The lowest BCUT2D eigenvalue weighted by atomic mass is 10.1. The van der Waals surface area contributed by atoms with Crippen LogP contribution in [0.5, 0.6) is 0 Å². The quantitative estimate of drug-likeness (QED) is 0.857. The summed E-state index contributed by atoms with van der Waals surface area (Å²) in [6, 6.07) is 2.12. The van der Waals surface area contributed by atoms with Crippen LogP contribution in [0.4, 0.5) is 0 Å². The van der Waals surface area contributed by atoms with Gasteiger partial charge in [0.2, 0.25) is 0 Å². The third kappa shape index (κ3) is 2.01. The number of hydrogen-bond acceptors (Lipinski definition) is 3. The van der Waals surface area contributed by atoms with Crippen molar-refractivity contribution in [3.63, 3.8) is 0 Å². The van der Waals surface area contributed by atoms with E-state index in [1.54, 1.807) is 6.07 Å². The van der Waals surface area contributed by atoms with Gasteiger partial charge in [0.05, 0.1) is 11.8 Å². The Hall–Kier alpha value is -0.810. The van der Waals surface area contributed by atoms with E-state index in [4.69, 9.17) is 4.42 Å². The number of halogens is 1. The molecule has 1 fully saturated rings. The Bertz CT molecular complexity index is 381. The van der Waals surface area contributed by atoms with Crippen LogP contribution in [0.1, 0.15) is 24.2 Å². The Balaban J connectivity index is 2.23. The molecule has 0 spiro atoms. The fourth-order valence-corrected chi connectivity index (χ4v) is 2.53. The smallest absolute Gasteiger partial charge is 0.258 e. The fraction of sp³-hybridized carbons (Fsp3) is 0.545. The van der Waals surface area contributed by atoms with Crippen LogP contribution in [0.25, 0.3) is 0 Å². The second-order valence-corrected chi connectivity index (χ2v) is 4.90. The number of carbonyl (C=O) groups excluding carboxylic acids is 1. The van der Waals surface area contributed by atoms with E-state index < -0.39 is 0 Å². The first-order valence-electron chi connectivity index (χ1n) is 5.37. The first-order valence-corrected chi connectivity index (χ1v) is 6.17. The maximum absolute atomic E-state index is 12.3. The summed E-state index contributed by atoms with van der Waals surface area (Å²) < 4.78 is 5.61. The topological polar surface area (TPSA) is 45.5 Å². The minimum atomic E-state index is 0.0297. The van der Waals surface area contributed by atoms with Crippen LogP contribution in [-0.4, -0.2) is 36.0 Å². The van der Waals surface area contributed by atoms with Crippen LogP contribution in [0.3, 0.4) is 0 Å². The number of hydrogen-bond donors (Lipinski definition) is 1. The molecule has 2 rings (SSSR count). The molecule has 1 aliphatic rings. The normalized spacial score (nSPS) is 25.8. The zero-order valence-corrected chi connectivity index (χ0v) is 11.0. The summed E-state index contributed by atoms with van der Waals surface area (Å²) in [4.78, 5) is 14.2. The lowest BCUT2D eigenvalue weighted by Gasteiger charge is -2.39. The molecule has 0 aromatic carbocycles. The van der Waals surface area contributed by atoms with Gasteiger partial charge in [-0.05, 0) is 35.8 Å². The second-order valence-electron chi connectivity index (χ2n) is 4.18. The van der Waals surface area contributed by atoms with E-state index in [0.29, 0.717) is 10.2 Å². The summed E-state index contributed by atoms with van der Waals surface area (Å²) in [6.45, 7) is 5.78. The molecule has 1 N–H and O–H groups in total. The molecule has 16 heavy (non-hydrogen) atoms. The third-order valence-corrected chi connectivity index (χ3v) is 3.53. The molecule has 0 radical (unpaired) electrons. The van der Waals surface area contributed by atoms with Crippen LogP contribution in [0, 0.1) is 0 Å². The summed E-state index contributed by atoms with van der Waals surface area (Å²) in [5.74, 6) is 0.0297. The van der Waals surface area contributed by atoms with Crippen molar-refractivity contribution < 1.29 is 9.21 Å². The first kappa shape index (κ1) is 11.7. The van der Waals surface area contributed by atoms with Crippen molar-refractivity contribution in [2.24, 2.45) is 0 Å². The van der Waals surface area contributed by atoms with Gasteiger partial charge in [-0.25, -0.2) is 0 Å². The molecule has 4 nitrogen and oxygen atoms in total. The van der Waals surface area contributed by atoms with Gasteiger partial charge in [0.1, 0.15) is 0 Å². The van der Waals surface area contributed by atoms with E-state index >= 15 is 0 Å². The highest BCUT2D eigenvalue weighted by molar-refractivity contribution is 9.10. The van der Waals surface area contributed by atoms with E-state index in [1.807, 2.05) is 4.90 Å². The zero-order chi connectivity index (χ0) is 11.7. The molecule has 1 aromatic heterocycles. The predicted molar refractivity (Wildman–Crippen MR) is 64.4 cm³/mol. The lowest BCUT2D eigenvalue weighted by molar-refractivity contribution is 0.0542. The maximum atomic E-state index is 12.3. The second kappa shape index (κ2) is 4.59. The molecule has 2 heterocycles. The van der Waals surface area contributed by atoms with Gasteiger partial charge in [-0.3, -0.25) is 4.79 Å². The number of carbonyl (C=O) groups is 1. The summed E-state index contributed by atoms with van der Waals surface area (Å²) in [7, 11) is 0. The predicted octanol–water partition coefficient (Wildman–Crippen LogP) is 1.86. The van der Waals surface area contributed by atoms with Crippen molar-refractivity contribution in [3.8, 4) is 0 Å². The number of furan rings is 1. The highest BCUT2D eigenvalue weighted by Crippen LogP contribution is 2.22. The summed E-state index contributed by atoms with van der Waals surface area (Å²) >= 11 is 3.24. The van der Waals surface area contributed by atoms with Gasteiger partial charge in [0, 0.05) is 25.2 Å². The summed E-state index contributed by atoms with van der Waals surface area (Å²) in [5, 5.41) is 3.30. The number of amides is 1. The SMILES string of the molecule is CC1CNCC(C)N1C(=O)c1ccoc1Br. The van der Waals surface area contributed by atoms with Gasteiger partial charge in [-0.1, -0.05) is 0 Å². The molecule has 88 valence electrons. The minimum absolute atomic E-state index is 0.0297. The zero-order valence-electron chi connectivity index (χ0n) is 9.37. The van der Waals surface area contributed by atoms with E-state index in [-0.39, 0.29) is 18.0 Å². The summed E-state index contributed by atoms with van der Waals surface area (Å²) in [5.41, 5.74) is 0.598. The molecular formula is C11H15BrN2O2. The van der Waals surface area contributed by atoms with Crippen molar-refractivity contribution in [1.29, 1.82) is 0 Å². The minimum Gasteiger partial charge on any atom is -0.457 e. The van der Waals surface area contributed by atoms with Crippen molar-refractivity contribution in [1.82, 2.24) is 10.2 Å². The van der Waals surface area contributed by atoms with E-state index in [9.17, 15) is 4.79 Å². The van der Waals surface area contributed by atoms with E-state index in [1.165, 1.54) is 6.26 Å². The number of nitrogens with one attached hydrogen (secondary N) is 1. The highest BCUT2D eigenvalue weighted by atomic mass is 79.9. The maximum Gasteiger partial charge on any atom is 0.258 e. The Labute approximate surface area is 103 Å². The average molecular weight is 287 g/mol. The monoisotopic (exact) mass is 286 g/mol. The molecule has 1 saturated heterocycles. The lowest BCUT2D eigenvalue weighted by Crippen LogP contribution is -2.57. The largest absolute Gasteiger partial charge is 0.457 e. The van der Waals surface area contributed by atoms with Gasteiger partial charge < -0.3 is 14.6 Å². The Morgan fingerprint density at radius 3 is 2.62 bits per heavy atom. The Kier molecular flexibility index (Phi) is 3.35. The number of nitrogens with zero attached hydrogens (tertiary/aromatic N) is 1. The van der Waals surface area contributed by atoms with E-state index in [0.717, 1.165) is 13.1 Å². The number of rotatable bonds is 1. The van der Waals surface area contributed by atoms with Crippen molar-refractivity contribution in [3.05, 3.63) is 22.6 Å². The Morgan fingerprint density at radius 1 is 1.50 bits per heavy atom. The van der Waals surface area contributed by atoms with Crippen LogP contribution in [0.15, 0.2) is 21.4 Å². The van der Waals surface area contributed by atoms with Crippen LogP contribution in [-0.2, 0) is 0 Å². The van der Waals surface area contributed by atoms with Crippen LogP contribution < -0.4 is 5.32 Å². The van der Waals surface area contributed by atoms with Gasteiger partial charge >= 0.3 is 0 Å².